The van der Waals surface area contributed by atoms with Gasteiger partial charge in [0, 0.05) is 18.7 Å². The number of hydrogen-bond acceptors (Lipinski definition) is 2. The minimum Gasteiger partial charge on any atom is -0.331 e. The molecule has 4 heteroatoms. The summed E-state index contributed by atoms with van der Waals surface area (Å²) in [6.45, 7) is 1.98. The quantitative estimate of drug-likeness (QED) is 0.790. The molecular formula is C19H19N3O. The number of fused-ring (bicyclic) bond motifs is 2. The Hall–Kier alpha value is -2.62. The lowest BCUT2D eigenvalue weighted by atomic mass is 10.1. The van der Waals surface area contributed by atoms with E-state index in [0.29, 0.717) is 0 Å². The molecule has 0 atom stereocenters. The lowest BCUT2D eigenvalue weighted by molar-refractivity contribution is -0.119. The van der Waals surface area contributed by atoms with Gasteiger partial charge in [0.2, 0.25) is 5.91 Å². The van der Waals surface area contributed by atoms with E-state index >= 15 is 0 Å². The van der Waals surface area contributed by atoms with Crippen LogP contribution in [0, 0.1) is 12.8 Å². The molecule has 0 spiro atoms. The first-order valence-electron chi connectivity index (χ1n) is 7.92. The zero-order chi connectivity index (χ0) is 16.0. The van der Waals surface area contributed by atoms with E-state index in [1.807, 2.05) is 44.3 Å². The molecule has 0 saturated heterocycles. The molecule has 23 heavy (non-hydrogen) atoms. The number of carbonyl (C=O) groups is 1. The van der Waals surface area contributed by atoms with Gasteiger partial charge >= 0.3 is 0 Å². The van der Waals surface area contributed by atoms with Crippen molar-refractivity contribution in [1.29, 1.82) is 0 Å². The molecule has 0 unspecified atom stereocenters. The third kappa shape index (κ3) is 2.40. The summed E-state index contributed by atoms with van der Waals surface area (Å²) in [7, 11) is 2.00. The number of nitrogens with zero attached hydrogens (tertiary/aromatic N) is 2. The van der Waals surface area contributed by atoms with E-state index in [0.717, 1.165) is 35.4 Å². The number of carbonyl (C=O) groups excluding carboxylic acids is 1. The van der Waals surface area contributed by atoms with E-state index in [9.17, 15) is 4.79 Å². The summed E-state index contributed by atoms with van der Waals surface area (Å²) in [4.78, 5) is 17.1. The summed E-state index contributed by atoms with van der Waals surface area (Å²) < 4.78 is 2.05. The first-order valence-corrected chi connectivity index (χ1v) is 7.92. The molecule has 0 saturated carbocycles. The van der Waals surface area contributed by atoms with Crippen molar-refractivity contribution in [2.24, 2.45) is 13.0 Å². The van der Waals surface area contributed by atoms with Crippen LogP contribution in [0.2, 0.25) is 0 Å². The Labute approximate surface area is 135 Å². The third-order valence-corrected chi connectivity index (χ3v) is 4.79. The summed E-state index contributed by atoms with van der Waals surface area (Å²) in [6, 6.07) is 14.2. The Bertz CT molecular complexity index is 885. The maximum atomic E-state index is 12.6. The van der Waals surface area contributed by atoms with Crippen molar-refractivity contribution in [3.05, 3.63) is 59.4 Å². The first-order chi connectivity index (χ1) is 11.1. The zero-order valence-corrected chi connectivity index (χ0v) is 13.3. The number of hydrogen-bond donors (Lipinski definition) is 1. The molecule has 2 aromatic carbocycles. The Morgan fingerprint density at radius 1 is 1.17 bits per heavy atom. The normalized spacial score (nSPS) is 14.2. The van der Waals surface area contributed by atoms with Crippen molar-refractivity contribution in [2.45, 2.75) is 19.8 Å². The van der Waals surface area contributed by atoms with Crippen molar-refractivity contribution in [3.63, 3.8) is 0 Å². The van der Waals surface area contributed by atoms with Crippen molar-refractivity contribution >= 4 is 22.6 Å². The van der Waals surface area contributed by atoms with Gasteiger partial charge < -0.3 is 9.88 Å². The molecule has 0 radical (unpaired) electrons. The summed E-state index contributed by atoms with van der Waals surface area (Å²) in [5, 5.41) is 3.05. The van der Waals surface area contributed by atoms with Gasteiger partial charge in [0.15, 0.2) is 0 Å². The topological polar surface area (TPSA) is 46.9 Å². The van der Waals surface area contributed by atoms with E-state index in [2.05, 4.69) is 27.0 Å². The number of rotatable bonds is 2. The average Bonchev–Trinajstić information content (AvgIpc) is 3.09. The highest BCUT2D eigenvalue weighted by atomic mass is 16.1. The van der Waals surface area contributed by atoms with Crippen LogP contribution >= 0.6 is 0 Å². The smallest absolute Gasteiger partial charge is 0.228 e. The third-order valence-electron chi connectivity index (χ3n) is 4.79. The van der Waals surface area contributed by atoms with Crippen molar-refractivity contribution in [1.82, 2.24) is 9.55 Å². The molecule has 1 N–H and O–H groups in total. The van der Waals surface area contributed by atoms with Gasteiger partial charge in [-0.1, -0.05) is 24.3 Å². The van der Waals surface area contributed by atoms with Crippen LogP contribution in [0.4, 0.5) is 5.69 Å². The molecule has 1 aliphatic rings. The second-order valence-electron chi connectivity index (χ2n) is 6.28. The Kier molecular flexibility index (Phi) is 3.18. The summed E-state index contributed by atoms with van der Waals surface area (Å²) in [5.41, 5.74) is 5.40. The van der Waals surface area contributed by atoms with Gasteiger partial charge in [0.25, 0.3) is 0 Å². The monoisotopic (exact) mass is 305 g/mol. The van der Waals surface area contributed by atoms with Gasteiger partial charge in [0.1, 0.15) is 5.82 Å². The maximum absolute atomic E-state index is 12.6. The fourth-order valence-electron chi connectivity index (χ4n) is 3.39. The maximum Gasteiger partial charge on any atom is 0.228 e. The lowest BCUT2D eigenvalue weighted by Crippen LogP contribution is -2.23. The largest absolute Gasteiger partial charge is 0.331 e. The van der Waals surface area contributed by atoms with Crippen molar-refractivity contribution in [3.8, 4) is 0 Å². The fourth-order valence-corrected chi connectivity index (χ4v) is 3.39. The first kappa shape index (κ1) is 14.0. The SMILES string of the molecule is Cc1nc2cc(NC(=O)C3Cc4ccccc4C3)ccc2n1C. The van der Waals surface area contributed by atoms with Gasteiger partial charge in [-0.3, -0.25) is 4.79 Å². The number of amides is 1. The fraction of sp³-hybridized carbons (Fsp3) is 0.263. The van der Waals surface area contributed by atoms with Gasteiger partial charge in [-0.05, 0) is 49.1 Å². The molecule has 1 aromatic heterocycles. The number of aryl methyl sites for hydroxylation is 2. The number of anilines is 1. The second-order valence-corrected chi connectivity index (χ2v) is 6.28. The van der Waals surface area contributed by atoms with E-state index < -0.39 is 0 Å². The lowest BCUT2D eigenvalue weighted by Gasteiger charge is -2.10. The van der Waals surface area contributed by atoms with Crippen LogP contribution in [-0.4, -0.2) is 15.5 Å². The van der Waals surface area contributed by atoms with Crippen LogP contribution in [0.1, 0.15) is 17.0 Å². The van der Waals surface area contributed by atoms with E-state index in [4.69, 9.17) is 0 Å². The van der Waals surface area contributed by atoms with Gasteiger partial charge in [-0.25, -0.2) is 4.98 Å². The molecule has 3 aromatic rings. The Morgan fingerprint density at radius 2 is 1.87 bits per heavy atom. The van der Waals surface area contributed by atoms with Crippen LogP contribution in [0.5, 0.6) is 0 Å². The highest BCUT2D eigenvalue weighted by Gasteiger charge is 2.27. The minimum absolute atomic E-state index is 0.0218. The standard InChI is InChI=1S/C19H19N3O/c1-12-20-17-11-16(7-8-18(17)22(12)2)21-19(23)15-9-13-5-3-4-6-14(13)10-15/h3-8,11,15H,9-10H2,1-2H3,(H,21,23). The molecule has 4 nitrogen and oxygen atoms in total. The molecule has 1 aliphatic carbocycles. The predicted molar refractivity (Wildman–Crippen MR) is 91.4 cm³/mol. The predicted octanol–water partition coefficient (Wildman–Crippen LogP) is 3.24. The zero-order valence-electron chi connectivity index (χ0n) is 13.3. The molecule has 1 amide bonds. The van der Waals surface area contributed by atoms with E-state index in [1.54, 1.807) is 0 Å². The molecule has 0 bridgehead atoms. The number of nitrogens with one attached hydrogen (secondary N) is 1. The summed E-state index contributed by atoms with van der Waals surface area (Å²) in [6.07, 6.45) is 1.65. The number of imidazole rings is 1. The average molecular weight is 305 g/mol. The van der Waals surface area contributed by atoms with Crippen molar-refractivity contribution in [2.75, 3.05) is 5.32 Å². The number of aromatic nitrogens is 2. The highest BCUT2D eigenvalue weighted by Crippen LogP contribution is 2.28. The van der Waals surface area contributed by atoms with Crippen LogP contribution in [-0.2, 0) is 24.7 Å². The summed E-state index contributed by atoms with van der Waals surface area (Å²) >= 11 is 0. The van der Waals surface area contributed by atoms with Crippen LogP contribution < -0.4 is 5.32 Å². The number of benzene rings is 2. The minimum atomic E-state index is 0.0218. The van der Waals surface area contributed by atoms with Gasteiger partial charge in [-0.2, -0.15) is 0 Å². The summed E-state index contributed by atoms with van der Waals surface area (Å²) in [5.74, 6) is 1.08. The Balaban J connectivity index is 1.53. The van der Waals surface area contributed by atoms with Crippen molar-refractivity contribution < 1.29 is 4.79 Å². The second kappa shape index (κ2) is 5.23. The highest BCUT2D eigenvalue weighted by molar-refractivity contribution is 5.95. The Morgan fingerprint density at radius 3 is 2.57 bits per heavy atom. The van der Waals surface area contributed by atoms with Gasteiger partial charge in [-0.15, -0.1) is 0 Å². The molecule has 4 rings (SSSR count). The van der Waals surface area contributed by atoms with E-state index in [1.165, 1.54) is 11.1 Å². The molecule has 1 heterocycles. The molecule has 0 aliphatic heterocycles. The van der Waals surface area contributed by atoms with Gasteiger partial charge in [0.05, 0.1) is 11.0 Å². The molecule has 116 valence electrons. The van der Waals surface area contributed by atoms with Crippen LogP contribution in [0.3, 0.4) is 0 Å². The van der Waals surface area contributed by atoms with E-state index in [-0.39, 0.29) is 11.8 Å². The van der Waals surface area contributed by atoms with Crippen LogP contribution in [0.15, 0.2) is 42.5 Å². The van der Waals surface area contributed by atoms with Crippen LogP contribution in [0.25, 0.3) is 11.0 Å². The molecular weight excluding hydrogens is 286 g/mol. The molecule has 0 fully saturated rings.